The maximum atomic E-state index is 5.88. The summed E-state index contributed by atoms with van der Waals surface area (Å²) in [5, 5.41) is 4.20. The molecule has 34 heavy (non-hydrogen) atoms. The van der Waals surface area contributed by atoms with Crippen molar-refractivity contribution in [2.75, 3.05) is 4.90 Å². The van der Waals surface area contributed by atoms with E-state index in [0.717, 1.165) is 34.2 Å². The Morgan fingerprint density at radius 3 is 2.44 bits per heavy atom. The molecule has 7 heteroatoms. The SMILES string of the molecule is Cc1ccc(C2C(c3ccccn3)NC(=S)N2c2ccc(OC(C)C)cc2)n1-c1cccnc1. The van der Waals surface area contributed by atoms with Crippen LogP contribution in [-0.2, 0) is 0 Å². The number of pyridine rings is 2. The van der Waals surface area contributed by atoms with Crippen LogP contribution < -0.4 is 15.0 Å². The van der Waals surface area contributed by atoms with E-state index in [-0.39, 0.29) is 18.2 Å². The molecule has 0 saturated carbocycles. The first kappa shape index (κ1) is 22.1. The molecule has 2 atom stereocenters. The Labute approximate surface area is 205 Å². The smallest absolute Gasteiger partial charge is 0.174 e. The van der Waals surface area contributed by atoms with Crippen LogP contribution in [0, 0.1) is 6.92 Å². The zero-order chi connectivity index (χ0) is 23.7. The van der Waals surface area contributed by atoms with Gasteiger partial charge in [0.1, 0.15) is 11.8 Å². The third-order valence-electron chi connectivity index (χ3n) is 5.90. The topological polar surface area (TPSA) is 55.2 Å². The van der Waals surface area contributed by atoms with Gasteiger partial charge < -0.3 is 19.5 Å². The second kappa shape index (κ2) is 9.27. The molecule has 0 bridgehead atoms. The van der Waals surface area contributed by atoms with Crippen molar-refractivity contribution in [1.29, 1.82) is 0 Å². The van der Waals surface area contributed by atoms with Crippen molar-refractivity contribution < 1.29 is 4.74 Å². The molecule has 4 aromatic rings. The van der Waals surface area contributed by atoms with Crippen molar-refractivity contribution in [3.8, 4) is 11.4 Å². The van der Waals surface area contributed by atoms with Gasteiger partial charge in [-0.3, -0.25) is 9.97 Å². The third kappa shape index (κ3) is 4.15. The molecular weight excluding hydrogens is 442 g/mol. The summed E-state index contributed by atoms with van der Waals surface area (Å²) in [4.78, 5) is 11.2. The quantitative estimate of drug-likeness (QED) is 0.374. The Kier molecular flexibility index (Phi) is 6.02. The number of aromatic nitrogens is 3. The van der Waals surface area contributed by atoms with Crippen LogP contribution in [0.5, 0.6) is 5.75 Å². The van der Waals surface area contributed by atoms with E-state index >= 15 is 0 Å². The van der Waals surface area contributed by atoms with Gasteiger partial charge in [-0.1, -0.05) is 6.07 Å². The average molecular weight is 470 g/mol. The Bertz CT molecular complexity index is 1270. The molecule has 172 valence electrons. The van der Waals surface area contributed by atoms with Crippen molar-refractivity contribution in [1.82, 2.24) is 19.9 Å². The van der Waals surface area contributed by atoms with Crippen LogP contribution in [0.25, 0.3) is 5.69 Å². The predicted octanol–water partition coefficient (Wildman–Crippen LogP) is 5.54. The number of anilines is 1. The summed E-state index contributed by atoms with van der Waals surface area (Å²) >= 11 is 5.88. The Morgan fingerprint density at radius 1 is 0.941 bits per heavy atom. The molecule has 5 rings (SSSR count). The lowest BCUT2D eigenvalue weighted by Gasteiger charge is -2.29. The zero-order valence-corrected chi connectivity index (χ0v) is 20.2. The summed E-state index contributed by atoms with van der Waals surface area (Å²) in [6.45, 7) is 6.15. The average Bonchev–Trinajstić information content (AvgIpc) is 3.39. The van der Waals surface area contributed by atoms with E-state index in [2.05, 4.69) is 62.0 Å². The molecule has 1 N–H and O–H groups in total. The fourth-order valence-electron chi connectivity index (χ4n) is 4.52. The van der Waals surface area contributed by atoms with Crippen LogP contribution >= 0.6 is 12.2 Å². The van der Waals surface area contributed by atoms with Crippen molar-refractivity contribution in [3.05, 3.63) is 102 Å². The van der Waals surface area contributed by atoms with Gasteiger partial charge in [0, 0.05) is 29.5 Å². The largest absolute Gasteiger partial charge is 0.491 e. The summed E-state index contributed by atoms with van der Waals surface area (Å²) < 4.78 is 8.10. The first-order chi connectivity index (χ1) is 16.5. The standard InChI is InChI=1S/C27H27N5OS/c1-18(2)33-22-12-10-20(11-13-22)32-26(25(30-27(32)34)23-8-4-5-16-29-23)24-14-9-19(3)31(24)21-7-6-15-28-17-21/h4-18,25-26H,1-3H3,(H,30,34). The second-order valence-corrected chi connectivity index (χ2v) is 8.99. The predicted molar refractivity (Wildman–Crippen MR) is 138 cm³/mol. The van der Waals surface area contributed by atoms with Crippen molar-refractivity contribution in [2.45, 2.75) is 39.0 Å². The minimum atomic E-state index is -0.120. The van der Waals surface area contributed by atoms with Crippen molar-refractivity contribution in [3.63, 3.8) is 0 Å². The van der Waals surface area contributed by atoms with Crippen LogP contribution in [0.3, 0.4) is 0 Å². The van der Waals surface area contributed by atoms with Crippen molar-refractivity contribution in [2.24, 2.45) is 0 Å². The summed E-state index contributed by atoms with van der Waals surface area (Å²) in [5.41, 5.74) is 5.18. The summed E-state index contributed by atoms with van der Waals surface area (Å²) in [7, 11) is 0. The van der Waals surface area contributed by atoms with E-state index in [1.807, 2.05) is 62.6 Å². The van der Waals surface area contributed by atoms with Gasteiger partial charge in [0.25, 0.3) is 0 Å². The van der Waals surface area contributed by atoms with Crippen LogP contribution in [0.15, 0.2) is 85.3 Å². The van der Waals surface area contributed by atoms with Crippen LogP contribution in [0.1, 0.15) is 43.0 Å². The first-order valence-electron chi connectivity index (χ1n) is 11.4. The van der Waals surface area contributed by atoms with E-state index in [1.165, 1.54) is 0 Å². The van der Waals surface area contributed by atoms with Crippen LogP contribution in [0.2, 0.25) is 0 Å². The van der Waals surface area contributed by atoms with E-state index in [1.54, 1.807) is 6.20 Å². The highest BCUT2D eigenvalue weighted by molar-refractivity contribution is 7.80. The van der Waals surface area contributed by atoms with E-state index in [4.69, 9.17) is 17.0 Å². The lowest BCUT2D eigenvalue weighted by atomic mass is 10.0. The monoisotopic (exact) mass is 469 g/mol. The second-order valence-electron chi connectivity index (χ2n) is 8.60. The number of rotatable bonds is 6. The molecule has 0 spiro atoms. The molecular formula is C27H27N5OS. The van der Waals surface area contributed by atoms with Gasteiger partial charge in [-0.2, -0.15) is 0 Å². The minimum Gasteiger partial charge on any atom is -0.491 e. The Balaban J connectivity index is 1.63. The molecule has 1 aromatic carbocycles. The summed E-state index contributed by atoms with van der Waals surface area (Å²) in [6, 6.07) is 22.2. The van der Waals surface area contributed by atoms with Gasteiger partial charge in [0.2, 0.25) is 0 Å². The molecule has 1 aliphatic rings. The van der Waals surface area contributed by atoms with Crippen LogP contribution in [-0.4, -0.2) is 25.8 Å². The zero-order valence-electron chi connectivity index (χ0n) is 19.4. The molecule has 0 aliphatic carbocycles. The van der Waals surface area contributed by atoms with Gasteiger partial charge in [-0.25, -0.2) is 0 Å². The molecule has 1 saturated heterocycles. The molecule has 0 radical (unpaired) electrons. The molecule has 4 heterocycles. The fraction of sp³-hybridized carbons (Fsp3) is 0.222. The molecule has 6 nitrogen and oxygen atoms in total. The van der Waals surface area contributed by atoms with E-state index < -0.39 is 0 Å². The van der Waals surface area contributed by atoms with Gasteiger partial charge in [0.15, 0.2) is 5.11 Å². The number of thiocarbonyl (C=S) groups is 1. The lowest BCUT2D eigenvalue weighted by molar-refractivity contribution is 0.242. The summed E-state index contributed by atoms with van der Waals surface area (Å²) in [5.74, 6) is 0.837. The lowest BCUT2D eigenvalue weighted by Crippen LogP contribution is -2.30. The van der Waals surface area contributed by atoms with Gasteiger partial charge in [0.05, 0.1) is 29.7 Å². The molecule has 2 unspecified atom stereocenters. The highest BCUT2D eigenvalue weighted by atomic mass is 32.1. The number of hydrogen-bond acceptors (Lipinski definition) is 4. The number of nitrogens with one attached hydrogen (secondary N) is 1. The maximum absolute atomic E-state index is 5.88. The third-order valence-corrected chi connectivity index (χ3v) is 6.21. The summed E-state index contributed by atoms with van der Waals surface area (Å²) in [6.07, 6.45) is 5.61. The minimum absolute atomic E-state index is 0.117. The fourth-order valence-corrected chi connectivity index (χ4v) is 4.87. The number of nitrogens with zero attached hydrogens (tertiary/aromatic N) is 4. The van der Waals surface area contributed by atoms with Crippen LogP contribution in [0.4, 0.5) is 5.69 Å². The number of hydrogen-bond donors (Lipinski definition) is 1. The Hall–Kier alpha value is -3.71. The van der Waals surface area contributed by atoms with Crippen molar-refractivity contribution >= 4 is 23.0 Å². The van der Waals surface area contributed by atoms with Gasteiger partial charge >= 0.3 is 0 Å². The number of aryl methyl sites for hydroxylation is 1. The Morgan fingerprint density at radius 2 is 1.76 bits per heavy atom. The normalized spacial score (nSPS) is 17.8. The first-order valence-corrected chi connectivity index (χ1v) is 11.8. The molecule has 1 fully saturated rings. The van der Waals surface area contributed by atoms with E-state index in [9.17, 15) is 0 Å². The molecule has 1 aliphatic heterocycles. The molecule has 0 amide bonds. The number of benzene rings is 1. The van der Waals surface area contributed by atoms with Gasteiger partial charge in [-0.15, -0.1) is 0 Å². The number of ether oxygens (including phenoxy) is 1. The maximum Gasteiger partial charge on any atom is 0.174 e. The molecule has 3 aromatic heterocycles. The highest BCUT2D eigenvalue weighted by Gasteiger charge is 2.42. The van der Waals surface area contributed by atoms with Gasteiger partial charge in [-0.05, 0) is 93.7 Å². The van der Waals surface area contributed by atoms with E-state index in [0.29, 0.717) is 5.11 Å². The highest BCUT2D eigenvalue weighted by Crippen LogP contribution is 2.43.